The number of ether oxygens (including phenoxy) is 1. The summed E-state index contributed by atoms with van der Waals surface area (Å²) in [5, 5.41) is 16.7. The van der Waals surface area contributed by atoms with Gasteiger partial charge in [-0.05, 0) is 12.1 Å². The largest absolute Gasteiger partial charge is 0.493 e. The summed E-state index contributed by atoms with van der Waals surface area (Å²) in [5.41, 5.74) is 1.12. The molecule has 1 aromatic heterocycles. The molecule has 2 rings (SSSR count). The SMILES string of the molecule is C=CCn1nnc(C#N)c1CCOc1ccccc1. The van der Waals surface area contributed by atoms with Gasteiger partial charge >= 0.3 is 0 Å². The molecule has 0 N–H and O–H groups in total. The number of para-hydroxylation sites is 1. The predicted molar refractivity (Wildman–Crippen MR) is 70.6 cm³/mol. The average Bonchev–Trinajstić information content (AvgIpc) is 2.83. The van der Waals surface area contributed by atoms with Crippen LogP contribution in [0.25, 0.3) is 0 Å². The van der Waals surface area contributed by atoms with Crippen molar-refractivity contribution in [3.05, 3.63) is 54.4 Å². The maximum absolute atomic E-state index is 8.98. The van der Waals surface area contributed by atoms with Crippen LogP contribution in [0, 0.1) is 11.3 Å². The molecule has 0 radical (unpaired) electrons. The summed E-state index contributed by atoms with van der Waals surface area (Å²) < 4.78 is 7.27. The van der Waals surface area contributed by atoms with E-state index in [1.807, 2.05) is 36.4 Å². The second-order valence-corrected chi connectivity index (χ2v) is 3.88. The van der Waals surface area contributed by atoms with Crippen LogP contribution in [-0.2, 0) is 13.0 Å². The fourth-order valence-electron chi connectivity index (χ4n) is 1.72. The Morgan fingerprint density at radius 3 is 2.84 bits per heavy atom. The van der Waals surface area contributed by atoms with E-state index < -0.39 is 0 Å². The molecule has 5 nitrogen and oxygen atoms in total. The van der Waals surface area contributed by atoms with Crippen molar-refractivity contribution in [3.63, 3.8) is 0 Å². The highest BCUT2D eigenvalue weighted by Crippen LogP contribution is 2.10. The van der Waals surface area contributed by atoms with Crippen LogP contribution in [0.1, 0.15) is 11.4 Å². The van der Waals surface area contributed by atoms with E-state index in [0.29, 0.717) is 25.3 Å². The number of nitriles is 1. The van der Waals surface area contributed by atoms with Crippen LogP contribution in [0.4, 0.5) is 0 Å². The van der Waals surface area contributed by atoms with Gasteiger partial charge in [0.2, 0.25) is 0 Å². The number of hydrogen-bond donors (Lipinski definition) is 0. The van der Waals surface area contributed by atoms with E-state index in [9.17, 15) is 0 Å². The molecule has 0 saturated carbocycles. The van der Waals surface area contributed by atoms with Gasteiger partial charge in [-0.15, -0.1) is 11.7 Å². The Bertz CT molecular complexity index is 583. The summed E-state index contributed by atoms with van der Waals surface area (Å²) in [6, 6.07) is 11.6. The standard InChI is InChI=1S/C14H14N4O/c1-2-9-18-14(13(11-15)16-17-18)8-10-19-12-6-4-3-5-7-12/h2-7H,1,8-10H2. The van der Waals surface area contributed by atoms with Crippen LogP contribution in [0.5, 0.6) is 5.75 Å². The van der Waals surface area contributed by atoms with Gasteiger partial charge in [-0.25, -0.2) is 4.68 Å². The zero-order chi connectivity index (χ0) is 13.5. The first kappa shape index (κ1) is 12.8. The minimum Gasteiger partial charge on any atom is -0.493 e. The Labute approximate surface area is 111 Å². The fourth-order valence-corrected chi connectivity index (χ4v) is 1.72. The van der Waals surface area contributed by atoms with Crippen molar-refractivity contribution in [3.8, 4) is 11.8 Å². The first-order valence-electron chi connectivity index (χ1n) is 5.96. The maximum atomic E-state index is 8.98. The second kappa shape index (κ2) is 6.36. The number of hydrogen-bond acceptors (Lipinski definition) is 4. The summed E-state index contributed by atoms with van der Waals surface area (Å²) in [6.45, 7) is 4.67. The smallest absolute Gasteiger partial charge is 0.186 e. The molecule has 0 fully saturated rings. The van der Waals surface area contributed by atoms with Crippen LogP contribution in [-0.4, -0.2) is 21.6 Å². The van der Waals surface area contributed by atoms with Gasteiger partial charge in [0, 0.05) is 6.42 Å². The van der Waals surface area contributed by atoms with E-state index in [1.54, 1.807) is 10.8 Å². The maximum Gasteiger partial charge on any atom is 0.186 e. The third-order valence-electron chi connectivity index (χ3n) is 2.60. The summed E-state index contributed by atoms with van der Waals surface area (Å²) in [4.78, 5) is 0. The molecule has 0 spiro atoms. The van der Waals surface area contributed by atoms with Gasteiger partial charge in [0.05, 0.1) is 18.8 Å². The monoisotopic (exact) mass is 254 g/mol. The summed E-state index contributed by atoms with van der Waals surface area (Å²) in [7, 11) is 0. The van der Waals surface area contributed by atoms with E-state index in [0.717, 1.165) is 11.4 Å². The fraction of sp³-hybridized carbons (Fsp3) is 0.214. The third-order valence-corrected chi connectivity index (χ3v) is 2.60. The molecule has 0 aliphatic heterocycles. The first-order chi connectivity index (χ1) is 9.35. The molecule has 0 aliphatic rings. The van der Waals surface area contributed by atoms with Gasteiger partial charge in [0.1, 0.15) is 11.8 Å². The van der Waals surface area contributed by atoms with Crippen LogP contribution in [0.3, 0.4) is 0 Å². The third kappa shape index (κ3) is 3.19. The lowest BCUT2D eigenvalue weighted by Crippen LogP contribution is -2.09. The van der Waals surface area contributed by atoms with Crippen LogP contribution >= 0.6 is 0 Å². The Hall–Kier alpha value is -2.61. The molecule has 1 heterocycles. The quantitative estimate of drug-likeness (QED) is 0.739. The molecular formula is C14H14N4O. The highest BCUT2D eigenvalue weighted by Gasteiger charge is 2.11. The molecule has 0 unspecified atom stereocenters. The zero-order valence-corrected chi connectivity index (χ0v) is 10.5. The summed E-state index contributed by atoms with van der Waals surface area (Å²) in [5.74, 6) is 0.809. The van der Waals surface area contributed by atoms with Gasteiger partial charge in [-0.2, -0.15) is 5.26 Å². The molecule has 0 bridgehead atoms. The van der Waals surface area contributed by atoms with Crippen molar-refractivity contribution in [1.82, 2.24) is 15.0 Å². The molecule has 0 amide bonds. The van der Waals surface area contributed by atoms with Crippen LogP contribution in [0.15, 0.2) is 43.0 Å². The molecule has 0 atom stereocenters. The Balaban J connectivity index is 2.01. The highest BCUT2D eigenvalue weighted by molar-refractivity contribution is 5.25. The lowest BCUT2D eigenvalue weighted by molar-refractivity contribution is 0.318. The van der Waals surface area contributed by atoms with Crippen LogP contribution in [0.2, 0.25) is 0 Å². The number of rotatable bonds is 6. The summed E-state index contributed by atoms with van der Waals surface area (Å²) in [6.07, 6.45) is 2.30. The van der Waals surface area contributed by atoms with Crippen molar-refractivity contribution < 1.29 is 4.74 Å². The van der Waals surface area contributed by atoms with Gasteiger partial charge in [-0.1, -0.05) is 29.5 Å². The van der Waals surface area contributed by atoms with Crippen molar-refractivity contribution in [1.29, 1.82) is 5.26 Å². The second-order valence-electron chi connectivity index (χ2n) is 3.88. The van der Waals surface area contributed by atoms with Gasteiger partial charge < -0.3 is 4.74 Å². The minimum absolute atomic E-state index is 0.346. The first-order valence-corrected chi connectivity index (χ1v) is 5.96. The number of benzene rings is 1. The lowest BCUT2D eigenvalue weighted by Gasteiger charge is -2.06. The molecule has 1 aromatic carbocycles. The van der Waals surface area contributed by atoms with E-state index in [1.165, 1.54) is 0 Å². The Kier molecular flexibility index (Phi) is 4.29. The van der Waals surface area contributed by atoms with E-state index in [-0.39, 0.29) is 0 Å². The Morgan fingerprint density at radius 1 is 1.37 bits per heavy atom. The van der Waals surface area contributed by atoms with Crippen molar-refractivity contribution in [2.45, 2.75) is 13.0 Å². The van der Waals surface area contributed by atoms with E-state index in [2.05, 4.69) is 16.9 Å². The van der Waals surface area contributed by atoms with Crippen molar-refractivity contribution >= 4 is 0 Å². The predicted octanol–water partition coefficient (Wildman–Crippen LogP) is 1.96. The minimum atomic E-state index is 0.346. The van der Waals surface area contributed by atoms with E-state index in [4.69, 9.17) is 10.00 Å². The Morgan fingerprint density at radius 2 is 2.16 bits per heavy atom. The normalized spacial score (nSPS) is 9.84. The summed E-state index contributed by atoms with van der Waals surface area (Å²) >= 11 is 0. The molecule has 5 heteroatoms. The molecule has 19 heavy (non-hydrogen) atoms. The topological polar surface area (TPSA) is 63.7 Å². The number of nitrogens with zero attached hydrogens (tertiary/aromatic N) is 4. The van der Waals surface area contributed by atoms with Crippen LogP contribution < -0.4 is 4.74 Å². The number of aromatic nitrogens is 3. The molecular weight excluding hydrogens is 240 g/mol. The lowest BCUT2D eigenvalue weighted by atomic mass is 10.2. The van der Waals surface area contributed by atoms with E-state index >= 15 is 0 Å². The van der Waals surface area contributed by atoms with Gasteiger partial charge in [0.15, 0.2) is 5.69 Å². The molecule has 0 saturated heterocycles. The van der Waals surface area contributed by atoms with Crippen molar-refractivity contribution in [2.24, 2.45) is 0 Å². The molecule has 2 aromatic rings. The average molecular weight is 254 g/mol. The zero-order valence-electron chi connectivity index (χ0n) is 10.5. The van der Waals surface area contributed by atoms with Gasteiger partial charge in [0.25, 0.3) is 0 Å². The van der Waals surface area contributed by atoms with Gasteiger partial charge in [-0.3, -0.25) is 0 Å². The molecule has 96 valence electrons. The van der Waals surface area contributed by atoms with Crippen molar-refractivity contribution in [2.75, 3.05) is 6.61 Å². The highest BCUT2D eigenvalue weighted by atomic mass is 16.5. The molecule has 0 aliphatic carbocycles. The number of allylic oxidation sites excluding steroid dienone is 1.